The number of ketones is 2. The molecule has 0 aliphatic heterocycles. The van der Waals surface area contributed by atoms with Crippen LogP contribution in [-0.4, -0.2) is 21.8 Å². The van der Waals surface area contributed by atoms with Crippen LogP contribution in [0.25, 0.3) is 0 Å². The third-order valence-corrected chi connectivity index (χ3v) is 2.95. The van der Waals surface area contributed by atoms with Gasteiger partial charge in [-0.2, -0.15) is 0 Å². The second kappa shape index (κ2) is 6.92. The van der Waals surface area contributed by atoms with Crippen molar-refractivity contribution in [1.29, 1.82) is 0 Å². The molecule has 0 saturated carbocycles. The van der Waals surface area contributed by atoms with Gasteiger partial charge in [0, 0.05) is 12.8 Å². The smallest absolute Gasteiger partial charge is 0.170 e. The molecule has 0 saturated heterocycles. The Morgan fingerprint density at radius 3 is 2.05 bits per heavy atom. The lowest BCUT2D eigenvalue weighted by molar-refractivity contribution is -0.117. The minimum Gasteiger partial charge on any atom is -0.507 e. The Morgan fingerprint density at radius 2 is 1.53 bits per heavy atom. The van der Waals surface area contributed by atoms with Crippen molar-refractivity contribution in [3.8, 4) is 11.5 Å². The summed E-state index contributed by atoms with van der Waals surface area (Å²) in [5.74, 6) is -0.463. The lowest BCUT2D eigenvalue weighted by Gasteiger charge is -2.07. The summed E-state index contributed by atoms with van der Waals surface area (Å²) in [5, 5.41) is 19.4. The van der Waals surface area contributed by atoms with Crippen molar-refractivity contribution in [3.63, 3.8) is 0 Å². The van der Waals surface area contributed by atoms with E-state index in [2.05, 4.69) is 0 Å². The minimum absolute atomic E-state index is 0.00262. The van der Waals surface area contributed by atoms with Crippen molar-refractivity contribution in [2.75, 3.05) is 0 Å². The number of hydrogen-bond donors (Lipinski definition) is 2. The van der Waals surface area contributed by atoms with Crippen LogP contribution in [0, 0.1) is 6.92 Å². The van der Waals surface area contributed by atoms with Crippen molar-refractivity contribution in [3.05, 3.63) is 23.3 Å². The minimum atomic E-state index is -0.266. The van der Waals surface area contributed by atoms with Crippen LogP contribution >= 0.6 is 0 Å². The number of phenolic OH excluding ortho intramolecular Hbond substituents is 2. The Labute approximate surface area is 113 Å². The van der Waals surface area contributed by atoms with Crippen LogP contribution in [0.1, 0.15) is 54.9 Å². The van der Waals surface area contributed by atoms with Gasteiger partial charge in [-0.15, -0.1) is 0 Å². The van der Waals surface area contributed by atoms with Gasteiger partial charge in [0.2, 0.25) is 0 Å². The number of phenols is 2. The molecule has 0 unspecified atom stereocenters. The fraction of sp³-hybridized carbons (Fsp3) is 0.467. The average Bonchev–Trinajstić information content (AvgIpc) is 2.26. The molecule has 0 atom stereocenters. The molecule has 4 nitrogen and oxygen atoms in total. The largest absolute Gasteiger partial charge is 0.507 e. The molecule has 0 aliphatic carbocycles. The van der Waals surface area contributed by atoms with Crippen molar-refractivity contribution >= 4 is 11.6 Å². The number of carbonyl (C=O) groups excluding carboxylic acids is 2. The number of hydrogen-bond acceptors (Lipinski definition) is 4. The van der Waals surface area contributed by atoms with Gasteiger partial charge >= 0.3 is 0 Å². The first kappa shape index (κ1) is 15.2. The summed E-state index contributed by atoms with van der Waals surface area (Å²) < 4.78 is 0. The molecule has 0 aliphatic rings. The maximum atomic E-state index is 11.9. The van der Waals surface area contributed by atoms with Gasteiger partial charge in [-0.3, -0.25) is 4.79 Å². The molecular formula is C15H20O4. The average molecular weight is 264 g/mol. The van der Waals surface area contributed by atoms with Crippen LogP contribution in [0.5, 0.6) is 11.5 Å². The molecule has 0 aromatic heterocycles. The highest BCUT2D eigenvalue weighted by Crippen LogP contribution is 2.30. The van der Waals surface area contributed by atoms with Crippen molar-refractivity contribution < 1.29 is 19.8 Å². The van der Waals surface area contributed by atoms with Gasteiger partial charge in [0.15, 0.2) is 5.78 Å². The molecule has 2 N–H and O–H groups in total. The molecule has 0 fully saturated rings. The van der Waals surface area contributed by atoms with E-state index in [0.717, 1.165) is 12.8 Å². The van der Waals surface area contributed by atoms with E-state index in [1.54, 1.807) is 13.8 Å². The maximum absolute atomic E-state index is 11.9. The monoisotopic (exact) mass is 264 g/mol. The molecule has 1 aromatic rings. The summed E-state index contributed by atoms with van der Waals surface area (Å²) >= 11 is 0. The van der Waals surface area contributed by atoms with Crippen LogP contribution in [0.3, 0.4) is 0 Å². The van der Waals surface area contributed by atoms with Crippen LogP contribution < -0.4 is 0 Å². The van der Waals surface area contributed by atoms with E-state index in [4.69, 9.17) is 0 Å². The van der Waals surface area contributed by atoms with Crippen molar-refractivity contribution in [2.24, 2.45) is 0 Å². The first-order valence-electron chi connectivity index (χ1n) is 6.47. The van der Waals surface area contributed by atoms with Gasteiger partial charge in [-0.1, -0.05) is 6.42 Å². The Hall–Kier alpha value is -1.84. The molecule has 1 rings (SSSR count). The van der Waals surface area contributed by atoms with E-state index in [1.165, 1.54) is 12.1 Å². The van der Waals surface area contributed by atoms with Crippen LogP contribution in [0.4, 0.5) is 0 Å². The number of carbonyl (C=O) groups is 2. The summed E-state index contributed by atoms with van der Waals surface area (Å²) in [6, 6.07) is 2.92. The molecule has 1 aromatic carbocycles. The summed E-state index contributed by atoms with van der Waals surface area (Å²) in [4.78, 5) is 22.7. The van der Waals surface area contributed by atoms with Crippen LogP contribution in [0.15, 0.2) is 12.1 Å². The molecule has 0 amide bonds. The number of Topliss-reactive ketones (excluding diaryl/α,β-unsaturated/α-hetero) is 2. The van der Waals surface area contributed by atoms with Crippen molar-refractivity contribution in [2.45, 2.75) is 46.0 Å². The van der Waals surface area contributed by atoms with Crippen LogP contribution in [-0.2, 0) is 4.79 Å². The first-order valence-corrected chi connectivity index (χ1v) is 6.47. The van der Waals surface area contributed by atoms with E-state index in [1.807, 2.05) is 0 Å². The van der Waals surface area contributed by atoms with Gasteiger partial charge in [0.05, 0.1) is 0 Å². The topological polar surface area (TPSA) is 74.6 Å². The van der Waals surface area contributed by atoms with E-state index in [-0.39, 0.29) is 35.0 Å². The highest BCUT2D eigenvalue weighted by atomic mass is 16.3. The molecular weight excluding hydrogens is 244 g/mol. The molecule has 0 heterocycles. The van der Waals surface area contributed by atoms with Gasteiger partial charge in [0.25, 0.3) is 0 Å². The SMILES string of the molecule is CC(=O)CCCCCC(=O)c1c(O)cc(C)cc1O. The van der Waals surface area contributed by atoms with E-state index in [0.29, 0.717) is 18.4 Å². The standard InChI is InChI=1S/C15H20O4/c1-10-8-13(18)15(14(19)9-10)12(17)7-5-3-4-6-11(2)16/h8-9,18-19H,3-7H2,1-2H3. The number of benzene rings is 1. The highest BCUT2D eigenvalue weighted by molar-refractivity contribution is 6.01. The van der Waals surface area contributed by atoms with Gasteiger partial charge < -0.3 is 15.0 Å². The van der Waals surface area contributed by atoms with Crippen LogP contribution in [0.2, 0.25) is 0 Å². The zero-order valence-electron chi connectivity index (χ0n) is 11.4. The fourth-order valence-electron chi connectivity index (χ4n) is 2.00. The highest BCUT2D eigenvalue weighted by Gasteiger charge is 2.16. The predicted molar refractivity (Wildman–Crippen MR) is 72.6 cm³/mol. The van der Waals surface area contributed by atoms with E-state index < -0.39 is 0 Å². The van der Waals surface area contributed by atoms with E-state index >= 15 is 0 Å². The molecule has 4 heteroatoms. The second-order valence-corrected chi connectivity index (χ2v) is 4.86. The molecule has 19 heavy (non-hydrogen) atoms. The van der Waals surface area contributed by atoms with Gasteiger partial charge in [-0.25, -0.2) is 0 Å². The Kier molecular flexibility index (Phi) is 5.55. The predicted octanol–water partition coefficient (Wildman–Crippen LogP) is 3.13. The normalized spacial score (nSPS) is 10.4. The molecule has 0 bridgehead atoms. The Morgan fingerprint density at radius 1 is 1.00 bits per heavy atom. The summed E-state index contributed by atoms with van der Waals surface area (Å²) in [5.41, 5.74) is 0.699. The summed E-state index contributed by atoms with van der Waals surface area (Å²) in [6.07, 6.45) is 3.02. The molecule has 104 valence electrons. The third-order valence-electron chi connectivity index (χ3n) is 2.95. The number of aryl methyl sites for hydroxylation is 1. The Balaban J connectivity index is 2.52. The Bertz CT molecular complexity index is 454. The fourth-order valence-corrected chi connectivity index (χ4v) is 2.00. The van der Waals surface area contributed by atoms with Gasteiger partial charge in [-0.05, 0) is 44.4 Å². The first-order chi connectivity index (χ1) is 8.91. The number of unbranched alkanes of at least 4 members (excludes halogenated alkanes) is 2. The summed E-state index contributed by atoms with van der Waals surface area (Å²) in [6.45, 7) is 3.28. The zero-order valence-corrected chi connectivity index (χ0v) is 11.4. The molecule has 0 spiro atoms. The maximum Gasteiger partial charge on any atom is 0.170 e. The number of rotatable bonds is 7. The van der Waals surface area contributed by atoms with Crippen molar-refractivity contribution in [1.82, 2.24) is 0 Å². The second-order valence-electron chi connectivity index (χ2n) is 4.86. The quantitative estimate of drug-likeness (QED) is 0.586. The van der Waals surface area contributed by atoms with Gasteiger partial charge in [0.1, 0.15) is 22.8 Å². The lowest BCUT2D eigenvalue weighted by atomic mass is 10.0. The third kappa shape index (κ3) is 4.73. The summed E-state index contributed by atoms with van der Waals surface area (Å²) in [7, 11) is 0. The molecule has 0 radical (unpaired) electrons. The lowest BCUT2D eigenvalue weighted by Crippen LogP contribution is -2.01. The number of aromatic hydroxyl groups is 2. The van der Waals surface area contributed by atoms with E-state index in [9.17, 15) is 19.8 Å². The zero-order chi connectivity index (χ0) is 14.4.